The quantitative estimate of drug-likeness (QED) is 0.770. The Kier molecular flexibility index (Phi) is 2.81. The molecule has 3 aromatic rings. The first-order chi connectivity index (χ1) is 10.3. The van der Waals surface area contributed by atoms with Crippen molar-refractivity contribution < 1.29 is 4.74 Å². The molecule has 1 saturated carbocycles. The van der Waals surface area contributed by atoms with E-state index in [2.05, 4.69) is 9.97 Å². The number of H-pyrrole nitrogens is 2. The number of hydrogen-bond donors (Lipinski definition) is 2. The van der Waals surface area contributed by atoms with Gasteiger partial charge in [-0.2, -0.15) is 0 Å². The van der Waals surface area contributed by atoms with Crippen molar-refractivity contribution in [1.29, 1.82) is 0 Å². The molecule has 0 amide bonds. The first kappa shape index (κ1) is 12.3. The summed E-state index contributed by atoms with van der Waals surface area (Å²) in [6.07, 6.45) is 2.55. The van der Waals surface area contributed by atoms with Gasteiger partial charge in [0.15, 0.2) is 0 Å². The Morgan fingerprint density at radius 1 is 1.05 bits per heavy atom. The molecule has 0 atom stereocenters. The van der Waals surface area contributed by atoms with Crippen molar-refractivity contribution in [1.82, 2.24) is 9.97 Å². The van der Waals surface area contributed by atoms with Crippen molar-refractivity contribution in [2.45, 2.75) is 12.8 Å². The van der Waals surface area contributed by atoms with Gasteiger partial charge < -0.3 is 14.7 Å². The zero-order valence-electron chi connectivity index (χ0n) is 11.6. The average molecular weight is 280 g/mol. The molecule has 0 saturated heterocycles. The van der Waals surface area contributed by atoms with E-state index in [0.717, 1.165) is 40.4 Å². The zero-order valence-corrected chi connectivity index (χ0v) is 11.6. The van der Waals surface area contributed by atoms with E-state index in [1.807, 2.05) is 42.5 Å². The van der Waals surface area contributed by atoms with Crippen molar-refractivity contribution in [3.63, 3.8) is 0 Å². The molecule has 1 aliphatic carbocycles. The highest BCUT2D eigenvalue weighted by atomic mass is 16.5. The molecule has 4 heteroatoms. The topological polar surface area (TPSA) is 57.9 Å². The van der Waals surface area contributed by atoms with Gasteiger partial charge in [-0.05, 0) is 42.5 Å². The lowest BCUT2D eigenvalue weighted by molar-refractivity contribution is 0.301. The summed E-state index contributed by atoms with van der Waals surface area (Å²) in [5.41, 5.74) is 3.56. The average Bonchev–Trinajstić information content (AvgIpc) is 3.25. The van der Waals surface area contributed by atoms with E-state index in [9.17, 15) is 4.79 Å². The summed E-state index contributed by atoms with van der Waals surface area (Å²) >= 11 is 0. The predicted molar refractivity (Wildman–Crippen MR) is 82.6 cm³/mol. The van der Waals surface area contributed by atoms with Gasteiger partial charge in [-0.25, -0.2) is 4.79 Å². The van der Waals surface area contributed by atoms with Crippen molar-refractivity contribution in [3.05, 3.63) is 52.9 Å². The third-order valence-corrected chi connectivity index (χ3v) is 3.89. The number of rotatable bonds is 4. The fourth-order valence-corrected chi connectivity index (χ4v) is 2.52. The van der Waals surface area contributed by atoms with Crippen LogP contribution in [0, 0.1) is 5.92 Å². The number of ether oxygens (including phenoxy) is 1. The van der Waals surface area contributed by atoms with Crippen LogP contribution in [0.1, 0.15) is 12.8 Å². The molecule has 0 radical (unpaired) electrons. The molecule has 106 valence electrons. The molecule has 4 nitrogen and oxygen atoms in total. The SMILES string of the molecule is O=c1[nH]c2ccc(-c3ccccc3OCC3CC3)cc2[nH]1. The van der Waals surface area contributed by atoms with Gasteiger partial charge in [-0.15, -0.1) is 0 Å². The molecule has 1 aromatic heterocycles. The standard InChI is InChI=1S/C17H16N2O2/c20-17-18-14-8-7-12(9-15(14)19-17)13-3-1-2-4-16(13)21-10-11-5-6-11/h1-4,7-9,11H,5-6,10H2,(H2,18,19,20). The summed E-state index contributed by atoms with van der Waals surface area (Å²) in [4.78, 5) is 16.9. The van der Waals surface area contributed by atoms with Crippen molar-refractivity contribution in [2.24, 2.45) is 5.92 Å². The van der Waals surface area contributed by atoms with Crippen molar-refractivity contribution in [3.8, 4) is 16.9 Å². The maximum absolute atomic E-state index is 11.4. The highest BCUT2D eigenvalue weighted by Crippen LogP contribution is 2.34. The van der Waals surface area contributed by atoms with Gasteiger partial charge in [0.2, 0.25) is 0 Å². The number of hydrogen-bond acceptors (Lipinski definition) is 2. The second-order valence-electron chi connectivity index (χ2n) is 5.59. The van der Waals surface area contributed by atoms with Gasteiger partial charge in [0, 0.05) is 5.56 Å². The minimum atomic E-state index is -0.180. The minimum absolute atomic E-state index is 0.180. The van der Waals surface area contributed by atoms with Gasteiger partial charge in [0.1, 0.15) is 5.75 Å². The van der Waals surface area contributed by atoms with Crippen LogP contribution >= 0.6 is 0 Å². The van der Waals surface area contributed by atoms with E-state index in [1.54, 1.807) is 0 Å². The Hall–Kier alpha value is -2.49. The van der Waals surface area contributed by atoms with Gasteiger partial charge in [0.05, 0.1) is 17.6 Å². The molecule has 4 rings (SSSR count). The Morgan fingerprint density at radius 3 is 2.71 bits per heavy atom. The van der Waals surface area contributed by atoms with Gasteiger partial charge in [-0.1, -0.05) is 24.3 Å². The van der Waals surface area contributed by atoms with Crippen molar-refractivity contribution >= 4 is 11.0 Å². The zero-order chi connectivity index (χ0) is 14.2. The summed E-state index contributed by atoms with van der Waals surface area (Å²) in [5.74, 6) is 1.63. The van der Waals surface area contributed by atoms with E-state index in [-0.39, 0.29) is 5.69 Å². The highest BCUT2D eigenvalue weighted by Gasteiger charge is 2.22. The monoisotopic (exact) mass is 280 g/mol. The summed E-state index contributed by atoms with van der Waals surface area (Å²) in [6.45, 7) is 0.792. The molecule has 1 fully saturated rings. The Bertz CT molecular complexity index is 843. The Morgan fingerprint density at radius 2 is 1.86 bits per heavy atom. The highest BCUT2D eigenvalue weighted by molar-refractivity contribution is 5.83. The lowest BCUT2D eigenvalue weighted by Gasteiger charge is -2.11. The Balaban J connectivity index is 1.73. The normalized spacial score (nSPS) is 14.5. The van der Waals surface area contributed by atoms with Gasteiger partial charge in [0.25, 0.3) is 0 Å². The van der Waals surface area contributed by atoms with Gasteiger partial charge in [-0.3, -0.25) is 0 Å². The molecule has 2 aromatic carbocycles. The van der Waals surface area contributed by atoms with Crippen LogP contribution in [0.15, 0.2) is 47.3 Å². The van der Waals surface area contributed by atoms with Crippen LogP contribution < -0.4 is 10.4 Å². The molecule has 0 aliphatic heterocycles. The van der Waals surface area contributed by atoms with E-state index < -0.39 is 0 Å². The Labute approximate surface area is 121 Å². The summed E-state index contributed by atoms with van der Waals surface area (Å²) in [7, 11) is 0. The lowest BCUT2D eigenvalue weighted by Crippen LogP contribution is -2.00. The first-order valence-electron chi connectivity index (χ1n) is 7.24. The molecule has 2 N–H and O–H groups in total. The number of nitrogens with one attached hydrogen (secondary N) is 2. The van der Waals surface area contributed by atoms with E-state index >= 15 is 0 Å². The third kappa shape index (κ3) is 2.44. The third-order valence-electron chi connectivity index (χ3n) is 3.89. The van der Waals surface area contributed by atoms with Crippen LogP contribution in [0.4, 0.5) is 0 Å². The number of imidazole rings is 1. The minimum Gasteiger partial charge on any atom is -0.493 e. The van der Waals surface area contributed by atoms with Crippen LogP contribution in [0.5, 0.6) is 5.75 Å². The predicted octanol–water partition coefficient (Wildman–Crippen LogP) is 3.31. The van der Waals surface area contributed by atoms with Crippen LogP contribution in [0.2, 0.25) is 0 Å². The molecule has 0 unspecified atom stereocenters. The van der Waals surface area contributed by atoms with E-state index in [4.69, 9.17) is 4.74 Å². The largest absolute Gasteiger partial charge is 0.493 e. The fourth-order valence-electron chi connectivity index (χ4n) is 2.52. The summed E-state index contributed by atoms with van der Waals surface area (Å²) in [5, 5.41) is 0. The fraction of sp³-hybridized carbons (Fsp3) is 0.235. The molecule has 0 spiro atoms. The summed E-state index contributed by atoms with van der Waals surface area (Å²) in [6, 6.07) is 13.9. The smallest absolute Gasteiger partial charge is 0.323 e. The van der Waals surface area contributed by atoms with Crippen LogP contribution in [-0.4, -0.2) is 16.6 Å². The maximum atomic E-state index is 11.4. The summed E-state index contributed by atoms with van der Waals surface area (Å²) < 4.78 is 5.95. The van der Waals surface area contributed by atoms with Crippen LogP contribution in [0.3, 0.4) is 0 Å². The molecular formula is C17H16N2O2. The molecule has 21 heavy (non-hydrogen) atoms. The second-order valence-corrected chi connectivity index (χ2v) is 5.59. The number of aromatic amines is 2. The molecule has 0 bridgehead atoms. The van der Waals surface area contributed by atoms with E-state index in [0.29, 0.717) is 0 Å². The van der Waals surface area contributed by atoms with Crippen LogP contribution in [-0.2, 0) is 0 Å². The second kappa shape index (κ2) is 4.81. The number of aromatic nitrogens is 2. The molecule has 1 aliphatic rings. The number of fused-ring (bicyclic) bond motifs is 1. The first-order valence-corrected chi connectivity index (χ1v) is 7.24. The maximum Gasteiger partial charge on any atom is 0.323 e. The molecule has 1 heterocycles. The molecular weight excluding hydrogens is 264 g/mol. The lowest BCUT2D eigenvalue weighted by atomic mass is 10.0. The van der Waals surface area contributed by atoms with Crippen molar-refractivity contribution in [2.75, 3.05) is 6.61 Å². The van der Waals surface area contributed by atoms with Crippen LogP contribution in [0.25, 0.3) is 22.2 Å². The number of para-hydroxylation sites is 1. The van der Waals surface area contributed by atoms with E-state index in [1.165, 1.54) is 12.8 Å². The number of benzene rings is 2. The van der Waals surface area contributed by atoms with Gasteiger partial charge >= 0.3 is 5.69 Å².